The Bertz CT molecular complexity index is 935. The lowest BCUT2D eigenvalue weighted by Gasteiger charge is -2.33. The number of benzene rings is 1. The minimum atomic E-state index is 0.108. The van der Waals surface area contributed by atoms with Crippen molar-refractivity contribution in [3.63, 3.8) is 0 Å². The molecule has 1 unspecified atom stereocenters. The van der Waals surface area contributed by atoms with Gasteiger partial charge in [-0.2, -0.15) is 5.10 Å². The highest BCUT2D eigenvalue weighted by Crippen LogP contribution is 2.32. The number of halogens is 1. The Balaban J connectivity index is 1.40. The second-order valence-electron chi connectivity index (χ2n) is 8.36. The minimum Gasteiger partial charge on any atom is -0.492 e. The van der Waals surface area contributed by atoms with E-state index in [1.54, 1.807) is 0 Å². The van der Waals surface area contributed by atoms with Crippen LogP contribution in [0.2, 0.25) is 5.02 Å². The van der Waals surface area contributed by atoms with Gasteiger partial charge in [-0.15, -0.1) is 0 Å². The van der Waals surface area contributed by atoms with Gasteiger partial charge in [0.05, 0.1) is 0 Å². The number of carbonyl (C=O) groups is 1. The Morgan fingerprint density at radius 2 is 2.07 bits per heavy atom. The number of rotatable bonds is 2. The second-order valence-corrected chi connectivity index (χ2v) is 8.80. The van der Waals surface area contributed by atoms with E-state index < -0.39 is 0 Å². The lowest BCUT2D eigenvalue weighted by atomic mass is 9.89. The van der Waals surface area contributed by atoms with E-state index in [-0.39, 0.29) is 5.91 Å². The van der Waals surface area contributed by atoms with E-state index in [2.05, 4.69) is 10.00 Å². The first-order chi connectivity index (χ1) is 14.1. The number of nitrogens with zero attached hydrogens (tertiary/aromatic N) is 4. The molecule has 3 heterocycles. The zero-order valence-electron chi connectivity index (χ0n) is 16.9. The molecule has 5 rings (SSSR count). The summed E-state index contributed by atoms with van der Waals surface area (Å²) in [5.74, 6) is 1.04. The highest BCUT2D eigenvalue weighted by atomic mass is 35.5. The van der Waals surface area contributed by atoms with Crippen LogP contribution in [-0.4, -0.2) is 57.8 Å². The van der Waals surface area contributed by atoms with Crippen molar-refractivity contribution >= 4 is 17.5 Å². The molecule has 1 aliphatic carbocycles. The van der Waals surface area contributed by atoms with Gasteiger partial charge in [0.15, 0.2) is 5.69 Å². The lowest BCUT2D eigenvalue weighted by molar-refractivity contribution is 0.0784. The van der Waals surface area contributed by atoms with Crippen molar-refractivity contribution in [3.05, 3.63) is 45.7 Å². The van der Waals surface area contributed by atoms with Gasteiger partial charge in [0.1, 0.15) is 12.4 Å². The Morgan fingerprint density at radius 1 is 1.24 bits per heavy atom. The molecule has 0 bridgehead atoms. The van der Waals surface area contributed by atoms with Crippen LogP contribution in [0.1, 0.15) is 46.6 Å². The van der Waals surface area contributed by atoms with Gasteiger partial charge in [0, 0.05) is 61.1 Å². The SMILES string of the molecule is Cn1nc(C(=O)N2CCCC2)c2c1CCC(N1CCOc3ccc(Cl)cc3C1)C2. The van der Waals surface area contributed by atoms with Crippen LogP contribution in [-0.2, 0) is 26.4 Å². The Kier molecular flexibility index (Phi) is 5.00. The predicted molar refractivity (Wildman–Crippen MR) is 112 cm³/mol. The molecule has 0 radical (unpaired) electrons. The van der Waals surface area contributed by atoms with Gasteiger partial charge in [0.25, 0.3) is 5.91 Å². The van der Waals surface area contributed by atoms with E-state index in [1.165, 1.54) is 5.69 Å². The molecule has 0 spiro atoms. The van der Waals surface area contributed by atoms with Crippen LogP contribution < -0.4 is 4.74 Å². The van der Waals surface area contributed by atoms with Gasteiger partial charge in [0.2, 0.25) is 0 Å². The van der Waals surface area contributed by atoms with E-state index in [1.807, 2.05) is 34.8 Å². The summed E-state index contributed by atoms with van der Waals surface area (Å²) in [5.41, 5.74) is 4.18. The number of hydrogen-bond acceptors (Lipinski definition) is 4. The maximum Gasteiger partial charge on any atom is 0.274 e. The van der Waals surface area contributed by atoms with Crippen LogP contribution in [0.3, 0.4) is 0 Å². The Hall–Kier alpha value is -2.05. The number of hydrogen-bond donors (Lipinski definition) is 0. The fourth-order valence-electron chi connectivity index (χ4n) is 5.02. The van der Waals surface area contributed by atoms with E-state index in [0.29, 0.717) is 18.3 Å². The van der Waals surface area contributed by atoms with Crippen molar-refractivity contribution in [1.82, 2.24) is 19.6 Å². The van der Waals surface area contributed by atoms with Crippen LogP contribution in [0.15, 0.2) is 18.2 Å². The van der Waals surface area contributed by atoms with Gasteiger partial charge >= 0.3 is 0 Å². The topological polar surface area (TPSA) is 50.6 Å². The smallest absolute Gasteiger partial charge is 0.274 e. The summed E-state index contributed by atoms with van der Waals surface area (Å²) in [6.45, 7) is 4.08. The lowest BCUT2D eigenvalue weighted by Crippen LogP contribution is -2.40. The molecule has 2 aromatic rings. The molecule has 1 saturated heterocycles. The van der Waals surface area contributed by atoms with Crippen LogP contribution >= 0.6 is 11.6 Å². The molecular weight excluding hydrogens is 388 g/mol. The second kappa shape index (κ2) is 7.65. The van der Waals surface area contributed by atoms with Crippen molar-refractivity contribution in [2.45, 2.75) is 44.7 Å². The molecule has 1 atom stereocenters. The third kappa shape index (κ3) is 3.53. The summed E-state index contributed by atoms with van der Waals surface area (Å²) in [5, 5.41) is 5.39. The molecule has 6 nitrogen and oxygen atoms in total. The van der Waals surface area contributed by atoms with Crippen molar-refractivity contribution in [3.8, 4) is 5.75 Å². The molecule has 0 N–H and O–H groups in total. The first-order valence-electron chi connectivity index (χ1n) is 10.6. The van der Waals surface area contributed by atoms with Gasteiger partial charge in [-0.3, -0.25) is 14.4 Å². The fourth-order valence-corrected chi connectivity index (χ4v) is 5.21. The van der Waals surface area contributed by atoms with Gasteiger partial charge in [-0.05, 0) is 50.3 Å². The highest BCUT2D eigenvalue weighted by Gasteiger charge is 2.34. The van der Waals surface area contributed by atoms with Gasteiger partial charge < -0.3 is 9.64 Å². The number of amides is 1. The van der Waals surface area contributed by atoms with E-state index in [4.69, 9.17) is 16.3 Å². The molecule has 29 heavy (non-hydrogen) atoms. The zero-order chi connectivity index (χ0) is 20.0. The zero-order valence-corrected chi connectivity index (χ0v) is 17.6. The summed E-state index contributed by atoms with van der Waals surface area (Å²) in [4.78, 5) is 17.5. The van der Waals surface area contributed by atoms with Crippen molar-refractivity contribution < 1.29 is 9.53 Å². The van der Waals surface area contributed by atoms with Crippen LogP contribution in [0.4, 0.5) is 0 Å². The maximum absolute atomic E-state index is 13.1. The maximum atomic E-state index is 13.1. The number of carbonyl (C=O) groups excluding carboxylic acids is 1. The fraction of sp³-hybridized carbons (Fsp3) is 0.545. The molecule has 0 saturated carbocycles. The molecule has 154 valence electrons. The van der Waals surface area contributed by atoms with Crippen LogP contribution in [0, 0.1) is 0 Å². The summed E-state index contributed by atoms with van der Waals surface area (Å²) < 4.78 is 7.88. The average molecular weight is 415 g/mol. The molecular formula is C22H27ClN4O2. The van der Waals surface area contributed by atoms with Gasteiger partial charge in [-0.25, -0.2) is 0 Å². The summed E-state index contributed by atoms with van der Waals surface area (Å²) in [6.07, 6.45) is 5.09. The Morgan fingerprint density at radius 3 is 2.90 bits per heavy atom. The predicted octanol–water partition coefficient (Wildman–Crippen LogP) is 3.06. The summed E-state index contributed by atoms with van der Waals surface area (Å²) in [7, 11) is 1.97. The number of fused-ring (bicyclic) bond motifs is 2. The van der Waals surface area contributed by atoms with E-state index in [9.17, 15) is 4.79 Å². The largest absolute Gasteiger partial charge is 0.492 e. The van der Waals surface area contributed by atoms with E-state index in [0.717, 1.165) is 80.2 Å². The van der Waals surface area contributed by atoms with Crippen molar-refractivity contribution in [2.75, 3.05) is 26.2 Å². The third-order valence-electron chi connectivity index (χ3n) is 6.57. The molecule has 7 heteroatoms. The highest BCUT2D eigenvalue weighted by molar-refractivity contribution is 6.30. The number of aromatic nitrogens is 2. The first kappa shape index (κ1) is 18.9. The standard InChI is InChI=1S/C22H27ClN4O2/c1-25-19-6-5-17(13-18(19)21(24-25)22(28)26-8-2-3-9-26)27-10-11-29-20-7-4-16(23)12-15(20)14-27/h4,7,12,17H,2-3,5-6,8-11,13-14H2,1H3. The Labute approximate surface area is 176 Å². The average Bonchev–Trinajstić information content (AvgIpc) is 3.31. The third-order valence-corrected chi connectivity index (χ3v) is 6.81. The molecule has 3 aliphatic rings. The van der Waals surface area contributed by atoms with Gasteiger partial charge in [-0.1, -0.05) is 11.6 Å². The quantitative estimate of drug-likeness (QED) is 0.757. The normalized spacial score (nSPS) is 22.0. The minimum absolute atomic E-state index is 0.108. The monoisotopic (exact) mass is 414 g/mol. The van der Waals surface area contributed by atoms with Crippen LogP contribution in [0.5, 0.6) is 5.75 Å². The summed E-state index contributed by atoms with van der Waals surface area (Å²) >= 11 is 6.22. The number of ether oxygens (including phenoxy) is 1. The molecule has 2 aliphatic heterocycles. The molecule has 1 fully saturated rings. The van der Waals surface area contributed by atoms with Crippen molar-refractivity contribution in [2.24, 2.45) is 7.05 Å². The number of aryl methyl sites for hydroxylation is 1. The number of likely N-dealkylation sites (tertiary alicyclic amines) is 1. The van der Waals surface area contributed by atoms with E-state index >= 15 is 0 Å². The molecule has 1 amide bonds. The molecule has 1 aromatic carbocycles. The molecule has 1 aromatic heterocycles. The first-order valence-corrected chi connectivity index (χ1v) is 11.0. The van der Waals surface area contributed by atoms with Crippen molar-refractivity contribution in [1.29, 1.82) is 0 Å². The van der Waals surface area contributed by atoms with Crippen LogP contribution in [0.25, 0.3) is 0 Å². The summed E-state index contributed by atoms with van der Waals surface area (Å²) in [6, 6.07) is 6.24.